The van der Waals surface area contributed by atoms with Gasteiger partial charge in [-0.15, -0.1) is 0 Å². The first-order valence-corrected chi connectivity index (χ1v) is 6.63. The van der Waals surface area contributed by atoms with Gasteiger partial charge in [-0.3, -0.25) is 4.79 Å². The zero-order valence-corrected chi connectivity index (χ0v) is 11.7. The summed E-state index contributed by atoms with van der Waals surface area (Å²) in [6.45, 7) is 5.93. The number of carbonyl (C=O) groups excluding carboxylic acids is 1. The molecule has 1 unspecified atom stereocenters. The molecule has 2 rings (SSSR count). The van der Waals surface area contributed by atoms with Crippen molar-refractivity contribution >= 4 is 5.91 Å². The molecule has 0 spiro atoms. The van der Waals surface area contributed by atoms with Crippen LogP contribution in [-0.2, 0) is 0 Å². The number of aryl methyl sites for hydroxylation is 1. The SMILES string of the molecule is Cc1ccc(C(=O)N2CCCC2C(C)(C)O)c(O)c1. The summed E-state index contributed by atoms with van der Waals surface area (Å²) in [5.41, 5.74) is 0.295. The van der Waals surface area contributed by atoms with Gasteiger partial charge in [0.25, 0.3) is 5.91 Å². The Morgan fingerprint density at radius 2 is 2.11 bits per heavy atom. The number of phenolic OH excluding ortho intramolecular Hbond substituents is 1. The highest BCUT2D eigenvalue weighted by Gasteiger charge is 2.39. The van der Waals surface area contributed by atoms with Crippen molar-refractivity contribution in [1.82, 2.24) is 4.90 Å². The lowest BCUT2D eigenvalue weighted by molar-refractivity contribution is 0.000223. The zero-order chi connectivity index (χ0) is 14.2. The highest BCUT2D eigenvalue weighted by atomic mass is 16.3. The minimum absolute atomic E-state index is 0.00592. The maximum Gasteiger partial charge on any atom is 0.257 e. The van der Waals surface area contributed by atoms with Gasteiger partial charge in [-0.1, -0.05) is 6.07 Å². The molecule has 1 aromatic carbocycles. The Bertz CT molecular complexity index is 491. The summed E-state index contributed by atoms with van der Waals surface area (Å²) >= 11 is 0. The lowest BCUT2D eigenvalue weighted by atomic mass is 9.96. The van der Waals surface area contributed by atoms with E-state index in [0.717, 1.165) is 18.4 Å². The minimum atomic E-state index is -0.924. The lowest BCUT2D eigenvalue weighted by Crippen LogP contribution is -2.48. The number of likely N-dealkylation sites (tertiary alicyclic amines) is 1. The number of carbonyl (C=O) groups is 1. The van der Waals surface area contributed by atoms with Gasteiger partial charge in [-0.2, -0.15) is 0 Å². The van der Waals surface area contributed by atoms with Crippen molar-refractivity contribution in [2.75, 3.05) is 6.54 Å². The maximum absolute atomic E-state index is 12.5. The van der Waals surface area contributed by atoms with Gasteiger partial charge < -0.3 is 15.1 Å². The van der Waals surface area contributed by atoms with Gasteiger partial charge in [0.15, 0.2) is 0 Å². The number of benzene rings is 1. The molecule has 0 bridgehead atoms. The van der Waals surface area contributed by atoms with Crippen LogP contribution in [0.4, 0.5) is 0 Å². The number of aromatic hydroxyl groups is 1. The molecule has 1 saturated heterocycles. The van der Waals surface area contributed by atoms with Gasteiger partial charge in [0.2, 0.25) is 0 Å². The van der Waals surface area contributed by atoms with Crippen molar-refractivity contribution in [1.29, 1.82) is 0 Å². The molecule has 1 fully saturated rings. The molecule has 4 heteroatoms. The van der Waals surface area contributed by atoms with Crippen molar-refractivity contribution in [3.05, 3.63) is 29.3 Å². The second kappa shape index (κ2) is 4.85. The van der Waals surface area contributed by atoms with Crippen LogP contribution in [0.15, 0.2) is 18.2 Å². The molecule has 1 aliphatic rings. The van der Waals surface area contributed by atoms with E-state index in [1.54, 1.807) is 30.9 Å². The van der Waals surface area contributed by atoms with Gasteiger partial charge in [0.1, 0.15) is 5.75 Å². The Morgan fingerprint density at radius 1 is 1.42 bits per heavy atom. The van der Waals surface area contributed by atoms with Crippen LogP contribution in [0.1, 0.15) is 42.6 Å². The van der Waals surface area contributed by atoms with E-state index in [0.29, 0.717) is 12.1 Å². The van der Waals surface area contributed by atoms with E-state index in [4.69, 9.17) is 0 Å². The first kappa shape index (κ1) is 13.9. The molecule has 19 heavy (non-hydrogen) atoms. The van der Waals surface area contributed by atoms with Crippen molar-refractivity contribution in [2.24, 2.45) is 0 Å². The summed E-state index contributed by atoms with van der Waals surface area (Å²) in [7, 11) is 0. The number of hydrogen-bond acceptors (Lipinski definition) is 3. The molecule has 1 amide bonds. The maximum atomic E-state index is 12.5. The summed E-state index contributed by atoms with van der Waals surface area (Å²) in [5, 5.41) is 20.0. The fourth-order valence-electron chi connectivity index (χ4n) is 2.72. The van der Waals surface area contributed by atoms with Crippen LogP contribution in [0, 0.1) is 6.92 Å². The molecule has 1 heterocycles. The molecule has 4 nitrogen and oxygen atoms in total. The van der Waals surface area contributed by atoms with Crippen LogP contribution >= 0.6 is 0 Å². The Kier molecular flexibility index (Phi) is 3.54. The summed E-state index contributed by atoms with van der Waals surface area (Å²) in [5.74, 6) is -0.200. The van der Waals surface area contributed by atoms with Gasteiger partial charge in [0, 0.05) is 6.54 Å². The Balaban J connectivity index is 2.28. The number of aliphatic hydroxyl groups is 1. The molecule has 0 radical (unpaired) electrons. The van der Waals surface area contributed by atoms with Crippen LogP contribution in [0.3, 0.4) is 0 Å². The van der Waals surface area contributed by atoms with Gasteiger partial charge in [-0.05, 0) is 51.3 Å². The third-order valence-corrected chi connectivity index (χ3v) is 3.71. The summed E-state index contributed by atoms with van der Waals surface area (Å²) < 4.78 is 0. The molecule has 1 atom stereocenters. The van der Waals surface area contributed by atoms with Crippen molar-refractivity contribution in [2.45, 2.75) is 45.3 Å². The Hall–Kier alpha value is -1.55. The molecule has 0 saturated carbocycles. The van der Waals surface area contributed by atoms with Gasteiger partial charge >= 0.3 is 0 Å². The van der Waals surface area contributed by atoms with E-state index in [-0.39, 0.29) is 17.7 Å². The minimum Gasteiger partial charge on any atom is -0.507 e. The zero-order valence-electron chi connectivity index (χ0n) is 11.7. The van der Waals surface area contributed by atoms with E-state index in [1.807, 2.05) is 13.0 Å². The molecule has 0 aromatic heterocycles. The van der Waals surface area contributed by atoms with E-state index in [1.165, 1.54) is 0 Å². The summed E-state index contributed by atoms with van der Waals surface area (Å²) in [6.07, 6.45) is 1.68. The van der Waals surface area contributed by atoms with Crippen molar-refractivity contribution in [3.63, 3.8) is 0 Å². The summed E-state index contributed by atoms with van der Waals surface area (Å²) in [6, 6.07) is 4.85. The predicted octanol–water partition coefficient (Wildman–Crippen LogP) is 2.08. The molecular weight excluding hydrogens is 242 g/mol. The average Bonchev–Trinajstić information content (AvgIpc) is 2.76. The normalized spacial score (nSPS) is 19.8. The summed E-state index contributed by atoms with van der Waals surface area (Å²) in [4.78, 5) is 14.2. The topological polar surface area (TPSA) is 60.8 Å². The largest absolute Gasteiger partial charge is 0.507 e. The molecule has 2 N–H and O–H groups in total. The highest BCUT2D eigenvalue weighted by Crippen LogP contribution is 2.30. The second-order valence-electron chi connectivity index (χ2n) is 5.83. The average molecular weight is 263 g/mol. The fourth-order valence-corrected chi connectivity index (χ4v) is 2.72. The van der Waals surface area contributed by atoms with Gasteiger partial charge in [-0.25, -0.2) is 0 Å². The van der Waals surface area contributed by atoms with E-state index in [2.05, 4.69) is 0 Å². The lowest BCUT2D eigenvalue weighted by Gasteiger charge is -2.34. The Morgan fingerprint density at radius 3 is 2.68 bits per heavy atom. The Labute approximate surface area is 113 Å². The number of nitrogens with zero attached hydrogens (tertiary/aromatic N) is 1. The predicted molar refractivity (Wildman–Crippen MR) is 73.2 cm³/mol. The van der Waals surface area contributed by atoms with Crippen LogP contribution in [0.2, 0.25) is 0 Å². The smallest absolute Gasteiger partial charge is 0.257 e. The molecule has 0 aliphatic carbocycles. The van der Waals surface area contributed by atoms with E-state index >= 15 is 0 Å². The van der Waals surface area contributed by atoms with Crippen LogP contribution in [0.5, 0.6) is 5.75 Å². The van der Waals surface area contributed by atoms with Crippen molar-refractivity contribution in [3.8, 4) is 5.75 Å². The second-order valence-corrected chi connectivity index (χ2v) is 5.83. The first-order chi connectivity index (χ1) is 8.80. The van der Waals surface area contributed by atoms with E-state index in [9.17, 15) is 15.0 Å². The molecular formula is C15H21NO3. The van der Waals surface area contributed by atoms with Crippen LogP contribution in [0.25, 0.3) is 0 Å². The standard InChI is InChI=1S/C15H21NO3/c1-10-6-7-11(12(17)9-10)14(18)16-8-4-5-13(16)15(2,3)19/h6-7,9,13,17,19H,4-5,8H2,1-3H3. The third kappa shape index (κ3) is 2.73. The van der Waals surface area contributed by atoms with Crippen LogP contribution < -0.4 is 0 Å². The van der Waals surface area contributed by atoms with Gasteiger partial charge in [0.05, 0.1) is 17.2 Å². The highest BCUT2D eigenvalue weighted by molar-refractivity contribution is 5.97. The number of amides is 1. The molecule has 104 valence electrons. The van der Waals surface area contributed by atoms with Crippen LogP contribution in [-0.4, -0.2) is 39.2 Å². The third-order valence-electron chi connectivity index (χ3n) is 3.71. The first-order valence-electron chi connectivity index (χ1n) is 6.63. The van der Waals surface area contributed by atoms with Crippen molar-refractivity contribution < 1.29 is 15.0 Å². The molecule has 1 aromatic rings. The number of hydrogen-bond donors (Lipinski definition) is 2. The number of phenols is 1. The quantitative estimate of drug-likeness (QED) is 0.858. The van der Waals surface area contributed by atoms with E-state index < -0.39 is 5.60 Å². The monoisotopic (exact) mass is 263 g/mol. The number of rotatable bonds is 2. The fraction of sp³-hybridized carbons (Fsp3) is 0.533. The molecule has 1 aliphatic heterocycles.